The molecule has 2 rings (SSSR count). The SMILES string of the molecule is CC(=O)c1ccccc1NCC(=O)NC1CCCCC1. The lowest BCUT2D eigenvalue weighted by Gasteiger charge is -2.23. The van der Waals surface area contributed by atoms with Gasteiger partial charge >= 0.3 is 0 Å². The Hall–Kier alpha value is -1.84. The molecule has 0 atom stereocenters. The molecule has 0 saturated heterocycles. The minimum atomic E-state index is -0.00439. The summed E-state index contributed by atoms with van der Waals surface area (Å²) in [5.74, 6) is -0.00366. The topological polar surface area (TPSA) is 58.2 Å². The third-order valence-electron chi connectivity index (χ3n) is 3.72. The highest BCUT2D eigenvalue weighted by atomic mass is 16.2. The third kappa shape index (κ3) is 4.08. The highest BCUT2D eigenvalue weighted by Gasteiger charge is 2.15. The number of nitrogens with one attached hydrogen (secondary N) is 2. The minimum absolute atomic E-state index is 0.000730. The smallest absolute Gasteiger partial charge is 0.239 e. The van der Waals surface area contributed by atoms with E-state index in [2.05, 4.69) is 10.6 Å². The summed E-state index contributed by atoms with van der Waals surface area (Å²) < 4.78 is 0. The predicted molar refractivity (Wildman–Crippen MR) is 80.0 cm³/mol. The van der Waals surface area contributed by atoms with Gasteiger partial charge in [-0.1, -0.05) is 31.4 Å². The van der Waals surface area contributed by atoms with E-state index in [0.29, 0.717) is 11.6 Å². The number of carbonyl (C=O) groups is 2. The van der Waals surface area contributed by atoms with Crippen LogP contribution in [0.5, 0.6) is 0 Å². The molecule has 0 bridgehead atoms. The Morgan fingerprint density at radius 1 is 1.15 bits per heavy atom. The fourth-order valence-corrected chi connectivity index (χ4v) is 2.65. The Morgan fingerprint density at radius 2 is 1.85 bits per heavy atom. The van der Waals surface area contributed by atoms with Crippen molar-refractivity contribution in [2.75, 3.05) is 11.9 Å². The van der Waals surface area contributed by atoms with Crippen molar-refractivity contribution >= 4 is 17.4 Å². The Balaban J connectivity index is 1.85. The van der Waals surface area contributed by atoms with Gasteiger partial charge < -0.3 is 10.6 Å². The van der Waals surface area contributed by atoms with Crippen molar-refractivity contribution in [3.05, 3.63) is 29.8 Å². The van der Waals surface area contributed by atoms with Crippen LogP contribution in [0.2, 0.25) is 0 Å². The molecule has 1 aromatic carbocycles. The Kier molecular flexibility index (Phi) is 5.16. The molecule has 0 radical (unpaired) electrons. The molecular formula is C16H22N2O2. The second-order valence-electron chi connectivity index (χ2n) is 5.36. The fraction of sp³-hybridized carbons (Fsp3) is 0.500. The fourth-order valence-electron chi connectivity index (χ4n) is 2.65. The molecule has 0 unspecified atom stereocenters. The number of hydrogen-bond acceptors (Lipinski definition) is 3. The number of anilines is 1. The maximum atomic E-state index is 11.9. The number of para-hydroxylation sites is 1. The minimum Gasteiger partial charge on any atom is -0.376 e. The van der Waals surface area contributed by atoms with Crippen LogP contribution in [0.15, 0.2) is 24.3 Å². The highest BCUT2D eigenvalue weighted by Crippen LogP contribution is 2.17. The molecule has 1 aliphatic rings. The summed E-state index contributed by atoms with van der Waals surface area (Å²) in [6.07, 6.45) is 5.83. The van der Waals surface area contributed by atoms with Crippen molar-refractivity contribution < 1.29 is 9.59 Å². The average Bonchev–Trinajstić information content (AvgIpc) is 2.46. The summed E-state index contributed by atoms with van der Waals surface area (Å²) in [7, 11) is 0. The zero-order chi connectivity index (χ0) is 14.4. The van der Waals surface area contributed by atoms with Crippen LogP contribution in [-0.4, -0.2) is 24.3 Å². The molecule has 0 spiro atoms. The van der Waals surface area contributed by atoms with Gasteiger partial charge in [-0.05, 0) is 31.9 Å². The highest BCUT2D eigenvalue weighted by molar-refractivity contribution is 6.00. The predicted octanol–water partition coefficient (Wildman–Crippen LogP) is 2.75. The van der Waals surface area contributed by atoms with Crippen molar-refractivity contribution in [2.45, 2.75) is 45.1 Å². The standard InChI is InChI=1S/C16H22N2O2/c1-12(19)14-9-5-6-10-15(14)17-11-16(20)18-13-7-3-2-4-8-13/h5-6,9-10,13,17H,2-4,7-8,11H2,1H3,(H,18,20). The van der Waals surface area contributed by atoms with Crippen LogP contribution in [0.4, 0.5) is 5.69 Å². The van der Waals surface area contributed by atoms with Crippen molar-refractivity contribution in [1.82, 2.24) is 5.32 Å². The van der Waals surface area contributed by atoms with Crippen LogP contribution >= 0.6 is 0 Å². The molecule has 20 heavy (non-hydrogen) atoms. The third-order valence-corrected chi connectivity index (χ3v) is 3.72. The normalized spacial score (nSPS) is 15.7. The summed E-state index contributed by atoms with van der Waals surface area (Å²) in [5.41, 5.74) is 1.34. The summed E-state index contributed by atoms with van der Waals surface area (Å²) in [6, 6.07) is 7.59. The van der Waals surface area contributed by atoms with Gasteiger partial charge in [0.2, 0.25) is 5.91 Å². The van der Waals surface area contributed by atoms with Crippen LogP contribution in [0.1, 0.15) is 49.4 Å². The number of benzene rings is 1. The van der Waals surface area contributed by atoms with Crippen LogP contribution in [-0.2, 0) is 4.79 Å². The van der Waals surface area contributed by atoms with Crippen LogP contribution in [0.25, 0.3) is 0 Å². The molecule has 4 heteroatoms. The van der Waals surface area contributed by atoms with E-state index in [1.54, 1.807) is 6.07 Å². The molecule has 1 fully saturated rings. The van der Waals surface area contributed by atoms with Crippen molar-refractivity contribution in [1.29, 1.82) is 0 Å². The van der Waals surface area contributed by atoms with Crippen molar-refractivity contribution in [3.8, 4) is 0 Å². The zero-order valence-corrected chi connectivity index (χ0v) is 11.9. The molecule has 1 saturated carbocycles. The first-order valence-corrected chi connectivity index (χ1v) is 7.30. The van der Waals surface area contributed by atoms with Gasteiger partial charge in [0.1, 0.15) is 0 Å². The van der Waals surface area contributed by atoms with Gasteiger partial charge in [0.05, 0.1) is 6.54 Å². The molecule has 1 aromatic rings. The van der Waals surface area contributed by atoms with Gasteiger partial charge in [0.25, 0.3) is 0 Å². The van der Waals surface area contributed by atoms with E-state index in [4.69, 9.17) is 0 Å². The van der Waals surface area contributed by atoms with E-state index in [1.807, 2.05) is 18.2 Å². The second-order valence-corrected chi connectivity index (χ2v) is 5.36. The van der Waals surface area contributed by atoms with E-state index >= 15 is 0 Å². The monoisotopic (exact) mass is 274 g/mol. The Bertz CT molecular complexity index is 479. The van der Waals surface area contributed by atoms with E-state index in [9.17, 15) is 9.59 Å². The second kappa shape index (κ2) is 7.08. The number of Topliss-reactive ketones (excluding diaryl/α,β-unsaturated/α-hetero) is 1. The molecule has 108 valence electrons. The Labute approximate surface area is 119 Å². The van der Waals surface area contributed by atoms with E-state index in [0.717, 1.165) is 18.5 Å². The molecule has 0 aromatic heterocycles. The number of rotatable bonds is 5. The van der Waals surface area contributed by atoms with Gasteiger partial charge in [-0.2, -0.15) is 0 Å². The lowest BCUT2D eigenvalue weighted by Crippen LogP contribution is -2.39. The lowest BCUT2D eigenvalue weighted by molar-refractivity contribution is -0.120. The van der Waals surface area contributed by atoms with Gasteiger partial charge in [-0.15, -0.1) is 0 Å². The molecular weight excluding hydrogens is 252 g/mol. The average molecular weight is 274 g/mol. The first-order chi connectivity index (χ1) is 9.66. The summed E-state index contributed by atoms with van der Waals surface area (Å²) in [4.78, 5) is 23.4. The summed E-state index contributed by atoms with van der Waals surface area (Å²) in [5, 5.41) is 6.10. The van der Waals surface area contributed by atoms with Crippen LogP contribution < -0.4 is 10.6 Å². The van der Waals surface area contributed by atoms with E-state index in [-0.39, 0.29) is 18.2 Å². The number of ketones is 1. The first-order valence-electron chi connectivity index (χ1n) is 7.30. The lowest BCUT2D eigenvalue weighted by atomic mass is 9.95. The van der Waals surface area contributed by atoms with E-state index in [1.165, 1.54) is 26.2 Å². The Morgan fingerprint density at radius 3 is 2.55 bits per heavy atom. The van der Waals surface area contributed by atoms with Crippen LogP contribution in [0.3, 0.4) is 0 Å². The number of amides is 1. The van der Waals surface area contributed by atoms with Gasteiger partial charge in [0.15, 0.2) is 5.78 Å². The van der Waals surface area contributed by atoms with Crippen molar-refractivity contribution in [2.24, 2.45) is 0 Å². The zero-order valence-electron chi connectivity index (χ0n) is 11.9. The largest absolute Gasteiger partial charge is 0.376 e. The molecule has 1 aliphatic carbocycles. The van der Waals surface area contributed by atoms with Crippen LogP contribution in [0, 0.1) is 0 Å². The molecule has 0 aliphatic heterocycles. The number of hydrogen-bond donors (Lipinski definition) is 2. The molecule has 4 nitrogen and oxygen atoms in total. The van der Waals surface area contributed by atoms with Crippen molar-refractivity contribution in [3.63, 3.8) is 0 Å². The molecule has 1 amide bonds. The van der Waals surface area contributed by atoms with E-state index < -0.39 is 0 Å². The molecule has 0 heterocycles. The number of carbonyl (C=O) groups excluding carboxylic acids is 2. The maximum Gasteiger partial charge on any atom is 0.239 e. The van der Waals surface area contributed by atoms with Gasteiger partial charge in [-0.25, -0.2) is 0 Å². The molecule has 2 N–H and O–H groups in total. The maximum absolute atomic E-state index is 11.9. The first kappa shape index (κ1) is 14.6. The quantitative estimate of drug-likeness (QED) is 0.812. The van der Waals surface area contributed by atoms with Gasteiger partial charge in [-0.3, -0.25) is 9.59 Å². The summed E-state index contributed by atoms with van der Waals surface area (Å²) >= 11 is 0. The van der Waals surface area contributed by atoms with Gasteiger partial charge in [0, 0.05) is 17.3 Å². The summed E-state index contributed by atoms with van der Waals surface area (Å²) in [6.45, 7) is 1.74.